The summed E-state index contributed by atoms with van der Waals surface area (Å²) in [5, 5.41) is 16.3. The van der Waals surface area contributed by atoms with E-state index in [2.05, 4.69) is 10.6 Å². The first-order chi connectivity index (χ1) is 13.3. The van der Waals surface area contributed by atoms with E-state index in [4.69, 9.17) is 12.2 Å². The molecule has 2 N–H and O–H groups in total. The highest BCUT2D eigenvalue weighted by Gasteiger charge is 2.59. The molecule has 1 unspecified atom stereocenters. The van der Waals surface area contributed by atoms with Crippen LogP contribution in [0.25, 0.3) is 0 Å². The van der Waals surface area contributed by atoms with E-state index >= 15 is 0 Å². The van der Waals surface area contributed by atoms with Crippen LogP contribution in [-0.2, 0) is 16.0 Å². The summed E-state index contributed by atoms with van der Waals surface area (Å²) in [6.45, 7) is 0. The molecule has 0 aromatic heterocycles. The lowest BCUT2D eigenvalue weighted by Gasteiger charge is -2.49. The van der Waals surface area contributed by atoms with E-state index in [1.54, 1.807) is 13.1 Å². The van der Waals surface area contributed by atoms with Gasteiger partial charge in [-0.05, 0) is 29.4 Å². The lowest BCUT2D eigenvalue weighted by molar-refractivity contribution is -0.384. The number of carbonyl (C=O) groups excluding carboxylic acids is 2. The topological polar surface area (TPSA) is 105 Å². The second kappa shape index (κ2) is 6.38. The molecule has 0 radical (unpaired) electrons. The number of non-ortho nitro benzene ring substituents is 1. The van der Waals surface area contributed by atoms with Gasteiger partial charge in [0.1, 0.15) is 0 Å². The molecule has 8 nitrogen and oxygen atoms in total. The Labute approximate surface area is 165 Å². The van der Waals surface area contributed by atoms with Crippen LogP contribution in [0, 0.1) is 15.5 Å². The zero-order valence-corrected chi connectivity index (χ0v) is 15.7. The number of hydrogen-bond acceptors (Lipinski definition) is 6. The Balaban J connectivity index is 1.95. The third-order valence-corrected chi connectivity index (χ3v) is 5.56. The molecule has 2 aliphatic rings. The Bertz CT molecular complexity index is 1000. The first-order valence-electron chi connectivity index (χ1n) is 8.56. The average Bonchev–Trinajstić information content (AvgIpc) is 2.66. The van der Waals surface area contributed by atoms with Crippen LogP contribution in [0.1, 0.15) is 17.2 Å². The molecule has 0 bridgehead atoms. The molecule has 9 heteroatoms. The minimum absolute atomic E-state index is 0.0220. The second-order valence-electron chi connectivity index (χ2n) is 6.88. The van der Waals surface area contributed by atoms with Crippen molar-refractivity contribution in [1.82, 2.24) is 10.6 Å². The van der Waals surface area contributed by atoms with Crippen LogP contribution in [0.2, 0.25) is 0 Å². The predicted molar refractivity (Wildman–Crippen MR) is 106 cm³/mol. The molecule has 1 atom stereocenters. The summed E-state index contributed by atoms with van der Waals surface area (Å²) in [5.74, 6) is -1.03. The quantitative estimate of drug-likeness (QED) is 0.347. The molecule has 1 fully saturated rings. The van der Waals surface area contributed by atoms with Gasteiger partial charge in [-0.2, -0.15) is 0 Å². The Morgan fingerprint density at radius 1 is 1.14 bits per heavy atom. The molecule has 28 heavy (non-hydrogen) atoms. The van der Waals surface area contributed by atoms with E-state index in [1.165, 1.54) is 12.1 Å². The first kappa shape index (κ1) is 18.1. The molecule has 1 spiro atoms. The van der Waals surface area contributed by atoms with Gasteiger partial charge in [0.05, 0.1) is 11.0 Å². The van der Waals surface area contributed by atoms with Crippen molar-refractivity contribution in [3.63, 3.8) is 0 Å². The minimum atomic E-state index is -1.51. The Hall–Kier alpha value is -3.33. The molecular weight excluding hydrogens is 380 g/mol. The van der Waals surface area contributed by atoms with E-state index in [9.17, 15) is 19.7 Å². The van der Waals surface area contributed by atoms with E-state index in [-0.39, 0.29) is 17.2 Å². The highest BCUT2D eigenvalue weighted by molar-refractivity contribution is 7.80. The summed E-state index contributed by atoms with van der Waals surface area (Å²) in [6, 6.07) is 13.1. The van der Waals surface area contributed by atoms with Crippen molar-refractivity contribution in [2.24, 2.45) is 5.41 Å². The molecule has 2 aromatic carbocycles. The summed E-state index contributed by atoms with van der Waals surface area (Å²) >= 11 is 4.96. The fourth-order valence-electron chi connectivity index (χ4n) is 4.15. The number of nitro groups is 1. The van der Waals surface area contributed by atoms with E-state index in [0.717, 1.165) is 11.3 Å². The number of nitrogens with one attached hydrogen (secondary N) is 2. The fourth-order valence-corrected chi connectivity index (χ4v) is 4.34. The Morgan fingerprint density at radius 2 is 1.79 bits per heavy atom. The summed E-state index contributed by atoms with van der Waals surface area (Å²) in [7, 11) is 1.77. The van der Waals surface area contributed by atoms with Gasteiger partial charge in [0.25, 0.3) is 5.69 Å². The van der Waals surface area contributed by atoms with Gasteiger partial charge in [-0.3, -0.25) is 19.7 Å². The largest absolute Gasteiger partial charge is 0.366 e. The van der Waals surface area contributed by atoms with Crippen molar-refractivity contribution in [2.75, 3.05) is 11.9 Å². The molecule has 2 heterocycles. The van der Waals surface area contributed by atoms with Crippen LogP contribution in [0.4, 0.5) is 11.4 Å². The van der Waals surface area contributed by atoms with Crippen LogP contribution in [0.3, 0.4) is 0 Å². The second-order valence-corrected chi connectivity index (χ2v) is 7.29. The summed E-state index contributed by atoms with van der Waals surface area (Å²) < 4.78 is 0. The zero-order chi connectivity index (χ0) is 20.1. The van der Waals surface area contributed by atoms with Gasteiger partial charge in [-0.25, -0.2) is 0 Å². The number of nitro benzene ring substituents is 1. The maximum Gasteiger partial charge on any atom is 0.269 e. The highest BCUT2D eigenvalue weighted by Crippen LogP contribution is 2.50. The van der Waals surface area contributed by atoms with Crippen molar-refractivity contribution in [1.29, 1.82) is 0 Å². The standard InChI is InChI=1S/C19H16N4O4S/c1-22-14-8-7-13(23(26)27)9-12(14)10-19(15(22)11-5-3-2-4-6-11)16(24)20-18(28)21-17(19)25/h2-9,15H,10H2,1H3,(H2,20,21,24,25,28). The molecule has 4 rings (SSSR count). The highest BCUT2D eigenvalue weighted by atomic mass is 32.1. The van der Waals surface area contributed by atoms with Gasteiger partial charge in [0, 0.05) is 31.3 Å². The van der Waals surface area contributed by atoms with Gasteiger partial charge in [-0.15, -0.1) is 0 Å². The predicted octanol–water partition coefficient (Wildman–Crippen LogP) is 1.85. The lowest BCUT2D eigenvalue weighted by Crippen LogP contribution is -2.68. The van der Waals surface area contributed by atoms with Crippen molar-refractivity contribution < 1.29 is 14.5 Å². The molecule has 0 aliphatic carbocycles. The number of amides is 2. The number of benzene rings is 2. The van der Waals surface area contributed by atoms with Crippen LogP contribution >= 0.6 is 12.2 Å². The number of hydrogen-bond donors (Lipinski definition) is 2. The molecule has 0 saturated carbocycles. The Morgan fingerprint density at radius 3 is 2.39 bits per heavy atom. The van der Waals surface area contributed by atoms with Crippen LogP contribution in [-0.4, -0.2) is 28.9 Å². The SMILES string of the molecule is CN1c2ccc([N+](=O)[O-])cc2CC2(C(=O)NC(=S)NC2=O)C1c1ccccc1. The first-order valence-corrected chi connectivity index (χ1v) is 8.97. The lowest BCUT2D eigenvalue weighted by atomic mass is 9.67. The van der Waals surface area contributed by atoms with Crippen molar-refractivity contribution in [3.8, 4) is 0 Å². The van der Waals surface area contributed by atoms with Gasteiger partial charge >= 0.3 is 0 Å². The number of anilines is 1. The number of nitrogens with zero attached hydrogens (tertiary/aromatic N) is 2. The van der Waals surface area contributed by atoms with Crippen molar-refractivity contribution in [3.05, 3.63) is 69.8 Å². The monoisotopic (exact) mass is 396 g/mol. The van der Waals surface area contributed by atoms with Crippen LogP contribution in [0.5, 0.6) is 0 Å². The van der Waals surface area contributed by atoms with Crippen LogP contribution < -0.4 is 15.5 Å². The maximum absolute atomic E-state index is 13.1. The van der Waals surface area contributed by atoms with Gasteiger partial charge < -0.3 is 15.5 Å². The van der Waals surface area contributed by atoms with E-state index in [1.807, 2.05) is 35.2 Å². The molecule has 2 amide bonds. The number of carbonyl (C=O) groups is 2. The smallest absolute Gasteiger partial charge is 0.269 e. The molecule has 1 saturated heterocycles. The number of fused-ring (bicyclic) bond motifs is 1. The third kappa shape index (κ3) is 2.55. The number of thiocarbonyl (C=S) groups is 1. The summed E-state index contributed by atoms with van der Waals surface area (Å²) in [4.78, 5) is 38.8. The maximum atomic E-state index is 13.1. The minimum Gasteiger partial charge on any atom is -0.366 e. The van der Waals surface area contributed by atoms with E-state index in [0.29, 0.717) is 5.56 Å². The van der Waals surface area contributed by atoms with E-state index < -0.39 is 28.2 Å². The zero-order valence-electron chi connectivity index (χ0n) is 14.8. The molecule has 2 aliphatic heterocycles. The number of rotatable bonds is 2. The fraction of sp³-hybridized carbons (Fsp3) is 0.211. The van der Waals surface area contributed by atoms with Crippen molar-refractivity contribution >= 4 is 40.5 Å². The molecular formula is C19H16N4O4S. The molecule has 142 valence electrons. The normalized spacial score (nSPS) is 20.4. The average molecular weight is 396 g/mol. The third-order valence-electron chi connectivity index (χ3n) is 5.36. The van der Waals surface area contributed by atoms with Crippen LogP contribution in [0.15, 0.2) is 48.5 Å². The van der Waals surface area contributed by atoms with Gasteiger partial charge in [0.2, 0.25) is 11.8 Å². The molecule has 2 aromatic rings. The van der Waals surface area contributed by atoms with Gasteiger partial charge in [-0.1, -0.05) is 30.3 Å². The summed E-state index contributed by atoms with van der Waals surface area (Å²) in [6.07, 6.45) is 0.0220. The Kier molecular flexibility index (Phi) is 4.11. The van der Waals surface area contributed by atoms with Crippen molar-refractivity contribution in [2.45, 2.75) is 12.5 Å². The summed E-state index contributed by atoms with van der Waals surface area (Å²) in [5.41, 5.74) is 0.473. The van der Waals surface area contributed by atoms with Gasteiger partial charge in [0.15, 0.2) is 10.5 Å².